The van der Waals surface area contributed by atoms with Crippen LogP contribution in [0.4, 0.5) is 0 Å². The standard InChI is InChI=1S/C29H39NO7.C2H6/c1-6-9-22(10-7-2)23-11-8-12-24(28(23)33)25(15-16-30-17-19-34-20-18-30)35-21-36-26(31)13-14-27(32)37-29(3,4)5;1-2/h6-12,15,33H,1,13-14,16-21H2,2-5H3;1-2H3/p+1/b10-7-,22-9+,25-15+;. The number of allylic oxidation sites excluding steroid dienone is 5. The topological polar surface area (TPSA) is 97.2 Å². The highest BCUT2D eigenvalue weighted by Crippen LogP contribution is 2.34. The number of carbonyl (C=O) groups is 2. The second kappa shape index (κ2) is 18.0. The van der Waals surface area contributed by atoms with Crippen molar-refractivity contribution in [2.45, 2.75) is 60.0 Å². The summed E-state index contributed by atoms with van der Waals surface area (Å²) in [6.45, 7) is 18.2. The third-order valence-corrected chi connectivity index (χ3v) is 5.31. The summed E-state index contributed by atoms with van der Waals surface area (Å²) in [5.74, 6) is -0.297. The summed E-state index contributed by atoms with van der Waals surface area (Å²) >= 11 is 0. The number of para-hydroxylation sites is 1. The molecule has 1 fully saturated rings. The summed E-state index contributed by atoms with van der Waals surface area (Å²) < 4.78 is 21.7. The molecule has 1 aliphatic rings. The zero-order valence-electron chi connectivity index (χ0n) is 24.4. The van der Waals surface area contributed by atoms with E-state index in [1.165, 1.54) is 0 Å². The van der Waals surface area contributed by atoms with Crippen LogP contribution in [0.2, 0.25) is 0 Å². The molecule has 39 heavy (non-hydrogen) atoms. The molecule has 1 aliphatic heterocycles. The van der Waals surface area contributed by atoms with Gasteiger partial charge in [-0.2, -0.15) is 0 Å². The normalized spacial score (nSPS) is 14.8. The molecule has 0 aromatic heterocycles. The fraction of sp³-hybridized carbons (Fsp3) is 0.484. The number of hydrogen-bond donors (Lipinski definition) is 0. The molecule has 8 heteroatoms. The minimum Gasteiger partial charge on any atom is -0.592 e. The Morgan fingerprint density at radius 2 is 1.72 bits per heavy atom. The van der Waals surface area contributed by atoms with Gasteiger partial charge >= 0.3 is 11.9 Å². The van der Waals surface area contributed by atoms with Gasteiger partial charge in [0.25, 0.3) is 5.75 Å². The Labute approximate surface area is 233 Å². The molecule has 0 atom stereocenters. The van der Waals surface area contributed by atoms with Crippen molar-refractivity contribution in [2.24, 2.45) is 0 Å². The van der Waals surface area contributed by atoms with E-state index < -0.39 is 17.5 Å². The van der Waals surface area contributed by atoms with Crippen LogP contribution in [0.25, 0.3) is 11.3 Å². The third-order valence-electron chi connectivity index (χ3n) is 5.31. The van der Waals surface area contributed by atoms with Crippen molar-refractivity contribution in [3.8, 4) is 5.75 Å². The lowest BCUT2D eigenvalue weighted by Crippen LogP contribution is -2.36. The maximum Gasteiger partial charge on any atom is 0.309 e. The highest BCUT2D eigenvalue weighted by molar-refractivity contribution is 5.82. The zero-order chi connectivity index (χ0) is 29.3. The zero-order valence-corrected chi connectivity index (χ0v) is 24.4. The van der Waals surface area contributed by atoms with Crippen LogP contribution in [0.1, 0.15) is 65.5 Å². The highest BCUT2D eigenvalue weighted by atomic mass is 16.7. The smallest absolute Gasteiger partial charge is 0.309 e. The predicted molar refractivity (Wildman–Crippen MR) is 156 cm³/mol. The maximum absolute atomic E-state index is 12.2. The van der Waals surface area contributed by atoms with Crippen molar-refractivity contribution < 1.29 is 33.6 Å². The highest BCUT2D eigenvalue weighted by Gasteiger charge is 2.21. The Hall–Kier alpha value is -3.36. The molecular weight excluding hydrogens is 498 g/mol. The molecule has 0 saturated carbocycles. The number of carbonyl (C=O) groups excluding carboxylic acids is 2. The lowest BCUT2D eigenvalue weighted by molar-refractivity contribution is -0.160. The molecule has 0 aliphatic carbocycles. The SMILES string of the molecule is C=C/C=C(\C=C/C)c1cccc(/C(=C\CN2CCOCC2)OCOC(=O)CCC(=O)OC(C)(C)C)c1[OH2+].CC. The van der Waals surface area contributed by atoms with Gasteiger partial charge in [0.1, 0.15) is 16.9 Å². The van der Waals surface area contributed by atoms with E-state index in [-0.39, 0.29) is 25.4 Å². The quantitative estimate of drug-likeness (QED) is 0.111. The first-order valence-corrected chi connectivity index (χ1v) is 13.5. The van der Waals surface area contributed by atoms with E-state index in [0.29, 0.717) is 31.1 Å². The minimum absolute atomic E-state index is 0.0713. The Morgan fingerprint density at radius 3 is 2.33 bits per heavy atom. The second-order valence-corrected chi connectivity index (χ2v) is 9.43. The predicted octanol–water partition coefficient (Wildman–Crippen LogP) is 5.61. The van der Waals surface area contributed by atoms with Crippen molar-refractivity contribution in [1.29, 1.82) is 0 Å². The van der Waals surface area contributed by atoms with Gasteiger partial charge in [-0.25, -0.2) is 0 Å². The van der Waals surface area contributed by atoms with Gasteiger partial charge in [-0.05, 0) is 51.5 Å². The molecule has 2 N–H and O–H groups in total. The Kier molecular flexibility index (Phi) is 15.6. The van der Waals surface area contributed by atoms with Crippen LogP contribution >= 0.6 is 0 Å². The number of rotatable bonds is 12. The molecule has 0 bridgehead atoms. The Balaban J connectivity index is 0.00000371. The number of ether oxygens (including phenoxy) is 4. The molecule has 2 rings (SSSR count). The summed E-state index contributed by atoms with van der Waals surface area (Å²) in [5, 5.41) is 8.87. The first-order chi connectivity index (χ1) is 18.6. The van der Waals surface area contributed by atoms with Crippen LogP contribution in [0.3, 0.4) is 0 Å². The number of esters is 2. The summed E-state index contributed by atoms with van der Waals surface area (Å²) in [5.41, 5.74) is 1.55. The summed E-state index contributed by atoms with van der Waals surface area (Å²) in [6, 6.07) is 5.54. The fourth-order valence-electron chi connectivity index (χ4n) is 3.61. The molecule has 1 heterocycles. The molecule has 1 aromatic carbocycles. The Morgan fingerprint density at radius 1 is 1.08 bits per heavy atom. The molecule has 0 radical (unpaired) electrons. The van der Waals surface area contributed by atoms with Gasteiger partial charge in [0.15, 0.2) is 0 Å². The van der Waals surface area contributed by atoms with E-state index in [4.69, 9.17) is 24.1 Å². The van der Waals surface area contributed by atoms with Gasteiger partial charge in [0.2, 0.25) is 6.79 Å². The van der Waals surface area contributed by atoms with Crippen molar-refractivity contribution in [3.05, 3.63) is 66.3 Å². The van der Waals surface area contributed by atoms with Crippen LogP contribution in [-0.4, -0.2) is 67.2 Å². The third kappa shape index (κ3) is 12.8. The first-order valence-electron chi connectivity index (χ1n) is 13.5. The number of morpholine rings is 1. The van der Waals surface area contributed by atoms with Crippen molar-refractivity contribution in [2.75, 3.05) is 39.6 Å². The van der Waals surface area contributed by atoms with E-state index in [1.807, 2.05) is 63.3 Å². The summed E-state index contributed by atoms with van der Waals surface area (Å²) in [6.07, 6.45) is 9.07. The van der Waals surface area contributed by atoms with E-state index >= 15 is 0 Å². The minimum atomic E-state index is -0.611. The van der Waals surface area contributed by atoms with Gasteiger partial charge in [-0.15, -0.1) is 0 Å². The van der Waals surface area contributed by atoms with Gasteiger partial charge in [-0.1, -0.05) is 50.8 Å². The van der Waals surface area contributed by atoms with Crippen molar-refractivity contribution in [3.63, 3.8) is 0 Å². The van der Waals surface area contributed by atoms with E-state index in [2.05, 4.69) is 11.5 Å². The van der Waals surface area contributed by atoms with Gasteiger partial charge in [0.05, 0.1) is 31.6 Å². The second-order valence-electron chi connectivity index (χ2n) is 9.43. The molecule has 0 unspecified atom stereocenters. The van der Waals surface area contributed by atoms with Gasteiger partial charge in [0, 0.05) is 19.6 Å². The van der Waals surface area contributed by atoms with Crippen LogP contribution in [0, 0.1) is 0 Å². The van der Waals surface area contributed by atoms with Crippen LogP contribution < -0.4 is 0 Å². The first kappa shape index (κ1) is 33.7. The molecule has 216 valence electrons. The molecule has 0 amide bonds. The summed E-state index contributed by atoms with van der Waals surface area (Å²) in [7, 11) is 0. The van der Waals surface area contributed by atoms with Gasteiger partial charge < -0.3 is 24.1 Å². The molecule has 0 spiro atoms. The largest absolute Gasteiger partial charge is 0.592 e. The van der Waals surface area contributed by atoms with E-state index in [9.17, 15) is 9.59 Å². The number of nitrogens with zero attached hydrogens (tertiary/aromatic N) is 1. The lowest BCUT2D eigenvalue weighted by atomic mass is 9.99. The monoisotopic (exact) mass is 544 g/mol. The van der Waals surface area contributed by atoms with E-state index in [1.54, 1.807) is 26.8 Å². The lowest BCUT2D eigenvalue weighted by Gasteiger charge is -2.25. The number of benzene rings is 1. The van der Waals surface area contributed by atoms with Crippen molar-refractivity contribution in [1.82, 2.24) is 4.90 Å². The van der Waals surface area contributed by atoms with E-state index in [0.717, 1.165) is 24.2 Å². The van der Waals surface area contributed by atoms with Crippen LogP contribution in [0.5, 0.6) is 5.75 Å². The maximum atomic E-state index is 12.2. The molecular formula is C31H46NO7+. The van der Waals surface area contributed by atoms with Crippen LogP contribution in [0.15, 0.2) is 55.2 Å². The fourth-order valence-corrected chi connectivity index (χ4v) is 3.61. The molecule has 1 saturated heterocycles. The molecule has 1 aromatic rings. The molecule has 8 nitrogen and oxygen atoms in total. The summed E-state index contributed by atoms with van der Waals surface area (Å²) in [4.78, 5) is 26.3. The Bertz CT molecular complexity index is 1010. The van der Waals surface area contributed by atoms with Gasteiger partial charge in [-0.3, -0.25) is 14.5 Å². The van der Waals surface area contributed by atoms with Crippen molar-refractivity contribution >= 4 is 23.3 Å². The average Bonchev–Trinajstić information content (AvgIpc) is 2.90. The average molecular weight is 545 g/mol. The van der Waals surface area contributed by atoms with Crippen LogP contribution in [-0.2, 0) is 28.5 Å². The number of hydrogen-bond acceptors (Lipinski definition) is 7.